The summed E-state index contributed by atoms with van der Waals surface area (Å²) in [5, 5.41) is 13.3. The third-order valence-corrected chi connectivity index (χ3v) is 6.48. The monoisotopic (exact) mass is 288 g/mol. The van der Waals surface area contributed by atoms with Gasteiger partial charge in [0.25, 0.3) is 0 Å². The molecule has 3 rings (SSSR count). The van der Waals surface area contributed by atoms with Crippen LogP contribution in [-0.2, 0) is 9.84 Å². The highest BCUT2D eigenvalue weighted by atomic mass is 32.2. The van der Waals surface area contributed by atoms with E-state index >= 15 is 0 Å². The molecule has 2 aliphatic carbocycles. The first kappa shape index (κ1) is 13.8. The van der Waals surface area contributed by atoms with Gasteiger partial charge in [0, 0.05) is 30.7 Å². The molecule has 1 saturated heterocycles. The highest BCUT2D eigenvalue weighted by Crippen LogP contribution is 2.36. The number of sulfone groups is 1. The first-order chi connectivity index (χ1) is 9.02. The average Bonchev–Trinajstić information content (AvgIpc) is 3.08. The molecule has 110 valence electrons. The number of aliphatic hydroxyl groups excluding tert-OH is 1. The van der Waals surface area contributed by atoms with Gasteiger partial charge in [0.1, 0.15) is 0 Å². The highest BCUT2D eigenvalue weighted by molar-refractivity contribution is 7.91. The smallest absolute Gasteiger partial charge is 0.152 e. The normalized spacial score (nSPS) is 39.5. The second kappa shape index (κ2) is 4.98. The maximum atomic E-state index is 11.5. The van der Waals surface area contributed by atoms with Gasteiger partial charge in [-0.05, 0) is 32.1 Å². The Kier molecular flexibility index (Phi) is 3.62. The Labute approximate surface area is 115 Å². The van der Waals surface area contributed by atoms with E-state index in [0.29, 0.717) is 36.7 Å². The van der Waals surface area contributed by atoms with Gasteiger partial charge in [0.2, 0.25) is 0 Å². The van der Waals surface area contributed by atoms with Crippen molar-refractivity contribution >= 4 is 9.84 Å². The first-order valence-corrected chi connectivity index (χ1v) is 9.17. The molecule has 2 atom stereocenters. The fraction of sp³-hybridized carbons (Fsp3) is 1.00. The zero-order chi connectivity index (χ0) is 13.5. The van der Waals surface area contributed by atoms with E-state index in [1.54, 1.807) is 0 Å². The Balaban J connectivity index is 1.58. The fourth-order valence-electron chi connectivity index (χ4n) is 3.48. The van der Waals surface area contributed by atoms with Gasteiger partial charge in [0.05, 0.1) is 18.1 Å². The van der Waals surface area contributed by atoms with Crippen molar-refractivity contribution in [1.82, 2.24) is 10.2 Å². The largest absolute Gasteiger partial charge is 0.394 e. The first-order valence-electron chi connectivity index (χ1n) is 7.35. The Morgan fingerprint density at radius 2 is 1.89 bits per heavy atom. The number of hydrogen-bond donors (Lipinski definition) is 2. The molecule has 19 heavy (non-hydrogen) atoms. The van der Waals surface area contributed by atoms with E-state index in [4.69, 9.17) is 0 Å². The van der Waals surface area contributed by atoms with Crippen LogP contribution >= 0.6 is 0 Å². The Hall–Kier alpha value is -0.170. The predicted octanol–water partition coefficient (Wildman–Crippen LogP) is -0.248. The summed E-state index contributed by atoms with van der Waals surface area (Å²) in [5.74, 6) is 0.595. The van der Waals surface area contributed by atoms with Crippen molar-refractivity contribution in [3.8, 4) is 0 Å². The van der Waals surface area contributed by atoms with E-state index in [1.807, 2.05) is 0 Å². The summed E-state index contributed by atoms with van der Waals surface area (Å²) >= 11 is 0. The van der Waals surface area contributed by atoms with Crippen LogP contribution in [0.1, 0.15) is 32.1 Å². The molecule has 6 heteroatoms. The van der Waals surface area contributed by atoms with Gasteiger partial charge in [-0.2, -0.15) is 0 Å². The van der Waals surface area contributed by atoms with Crippen LogP contribution in [0.5, 0.6) is 0 Å². The maximum absolute atomic E-state index is 11.5. The lowest BCUT2D eigenvalue weighted by atomic mass is 9.98. The summed E-state index contributed by atoms with van der Waals surface area (Å²) in [6, 6.07) is 1.04. The van der Waals surface area contributed by atoms with E-state index < -0.39 is 9.84 Å². The van der Waals surface area contributed by atoms with E-state index in [2.05, 4.69) is 10.2 Å². The molecule has 0 bridgehead atoms. The summed E-state index contributed by atoms with van der Waals surface area (Å²) < 4.78 is 22.9. The average molecular weight is 288 g/mol. The van der Waals surface area contributed by atoms with E-state index in [1.165, 1.54) is 12.8 Å². The summed E-state index contributed by atoms with van der Waals surface area (Å²) in [6.07, 6.45) is 5.50. The Morgan fingerprint density at radius 3 is 2.47 bits per heavy atom. The molecule has 0 radical (unpaired) electrons. The molecule has 2 N–H and O–H groups in total. The number of nitrogens with zero attached hydrogens (tertiary/aromatic N) is 1. The number of hydrogen-bond acceptors (Lipinski definition) is 5. The molecule has 2 unspecified atom stereocenters. The molecule has 1 heterocycles. The lowest BCUT2D eigenvalue weighted by Crippen LogP contribution is -2.50. The fourth-order valence-corrected chi connectivity index (χ4v) is 4.71. The lowest BCUT2D eigenvalue weighted by Gasteiger charge is -2.34. The van der Waals surface area contributed by atoms with Gasteiger partial charge in [-0.15, -0.1) is 0 Å². The predicted molar refractivity (Wildman–Crippen MR) is 73.8 cm³/mol. The van der Waals surface area contributed by atoms with Gasteiger partial charge < -0.3 is 10.4 Å². The molecule has 0 aromatic heterocycles. The number of aliphatic hydroxyl groups is 1. The quantitative estimate of drug-likeness (QED) is 0.747. The third-order valence-electron chi connectivity index (χ3n) is 4.87. The van der Waals surface area contributed by atoms with Crippen LogP contribution < -0.4 is 5.32 Å². The Bertz CT molecular complexity index is 421. The van der Waals surface area contributed by atoms with Crippen LogP contribution in [0.4, 0.5) is 0 Å². The topological polar surface area (TPSA) is 69.6 Å². The molecule has 2 saturated carbocycles. The number of nitrogens with one attached hydrogen (secondary N) is 1. The van der Waals surface area contributed by atoms with Gasteiger partial charge in [-0.3, -0.25) is 4.90 Å². The molecule has 3 fully saturated rings. The van der Waals surface area contributed by atoms with Gasteiger partial charge in [0.15, 0.2) is 9.84 Å². The molecule has 0 spiro atoms. The van der Waals surface area contributed by atoms with Gasteiger partial charge in [-0.25, -0.2) is 8.42 Å². The molecular weight excluding hydrogens is 264 g/mol. The molecule has 0 amide bonds. The molecule has 0 aromatic rings. The summed E-state index contributed by atoms with van der Waals surface area (Å²) in [7, 11) is -2.80. The third kappa shape index (κ3) is 3.12. The highest BCUT2D eigenvalue weighted by Gasteiger charge is 2.44. The minimum absolute atomic E-state index is 0.109. The molecule has 1 aliphatic heterocycles. The van der Waals surface area contributed by atoms with E-state index in [0.717, 1.165) is 19.3 Å². The standard InChI is InChI=1S/C13H24N2O3S/c16-10-13(14-11-1-2-11)4-3-12(9-13)15-5-7-19(17,18)8-6-15/h11-12,14,16H,1-10H2. The second-order valence-electron chi connectivity index (χ2n) is 6.44. The zero-order valence-electron chi connectivity index (χ0n) is 11.3. The van der Waals surface area contributed by atoms with Gasteiger partial charge >= 0.3 is 0 Å². The van der Waals surface area contributed by atoms with Crippen LogP contribution in [0.25, 0.3) is 0 Å². The van der Waals surface area contributed by atoms with Crippen molar-refractivity contribution < 1.29 is 13.5 Å². The summed E-state index contributed by atoms with van der Waals surface area (Å²) in [6.45, 7) is 1.53. The van der Waals surface area contributed by atoms with Crippen molar-refractivity contribution in [3.63, 3.8) is 0 Å². The molecular formula is C13H24N2O3S. The Morgan fingerprint density at radius 1 is 1.21 bits per heavy atom. The van der Waals surface area contributed by atoms with Crippen LogP contribution in [0.2, 0.25) is 0 Å². The molecule has 3 aliphatic rings. The van der Waals surface area contributed by atoms with Crippen molar-refractivity contribution in [2.24, 2.45) is 0 Å². The molecule has 5 nitrogen and oxygen atoms in total. The molecule has 0 aromatic carbocycles. The number of rotatable bonds is 4. The summed E-state index contributed by atoms with van der Waals surface area (Å²) in [5.41, 5.74) is -0.109. The van der Waals surface area contributed by atoms with Crippen molar-refractivity contribution in [2.45, 2.75) is 49.7 Å². The maximum Gasteiger partial charge on any atom is 0.152 e. The van der Waals surface area contributed by atoms with Crippen LogP contribution in [0, 0.1) is 0 Å². The minimum Gasteiger partial charge on any atom is -0.394 e. The second-order valence-corrected chi connectivity index (χ2v) is 8.75. The minimum atomic E-state index is -2.80. The SMILES string of the molecule is O=S1(=O)CCN(C2CCC(CO)(NC3CC3)C2)CC1. The van der Waals surface area contributed by atoms with Crippen LogP contribution in [0.3, 0.4) is 0 Å². The van der Waals surface area contributed by atoms with Crippen LogP contribution in [0.15, 0.2) is 0 Å². The van der Waals surface area contributed by atoms with Crippen molar-refractivity contribution in [1.29, 1.82) is 0 Å². The van der Waals surface area contributed by atoms with Crippen molar-refractivity contribution in [2.75, 3.05) is 31.2 Å². The van der Waals surface area contributed by atoms with Crippen LogP contribution in [-0.4, -0.2) is 67.2 Å². The zero-order valence-corrected chi connectivity index (χ0v) is 12.2. The van der Waals surface area contributed by atoms with Crippen molar-refractivity contribution in [3.05, 3.63) is 0 Å². The summed E-state index contributed by atoms with van der Waals surface area (Å²) in [4.78, 5) is 2.31. The lowest BCUT2D eigenvalue weighted by molar-refractivity contribution is 0.144. The van der Waals surface area contributed by atoms with Gasteiger partial charge in [-0.1, -0.05) is 0 Å². The van der Waals surface area contributed by atoms with E-state index in [-0.39, 0.29) is 12.1 Å². The van der Waals surface area contributed by atoms with E-state index in [9.17, 15) is 13.5 Å².